The number of carbonyl (C=O) groups is 2. The van der Waals surface area contributed by atoms with Crippen molar-refractivity contribution in [3.8, 4) is 0 Å². The van der Waals surface area contributed by atoms with Crippen molar-refractivity contribution < 1.29 is 24.5 Å². The predicted octanol–water partition coefficient (Wildman–Crippen LogP) is 22.3. The summed E-state index contributed by atoms with van der Waals surface area (Å²) >= 11 is 0. The minimum absolute atomic E-state index is 0.0174. The van der Waals surface area contributed by atoms with Crippen LogP contribution in [0.5, 0.6) is 0 Å². The SMILES string of the molecule is CCCCCCCCCCCCC/C=C/C(O)C(CO)NC(=O)CCCCCCCCCCCCCCCCCCC/C=C\C/C=C\CCCCCCCCCCCCCOC(=O)CCCCCCCCCCCCCC. The average molecular weight is 1080 g/mol. The number of ether oxygens (including phenoxy) is 1. The highest BCUT2D eigenvalue weighted by atomic mass is 16.5. The Kier molecular flexibility index (Phi) is 64.9. The van der Waals surface area contributed by atoms with E-state index in [0.717, 1.165) is 44.9 Å². The van der Waals surface area contributed by atoms with E-state index >= 15 is 0 Å². The number of rotatable bonds is 65. The summed E-state index contributed by atoms with van der Waals surface area (Å²) < 4.78 is 5.48. The fourth-order valence-electron chi connectivity index (χ4n) is 10.8. The Morgan fingerprint density at radius 1 is 0.364 bits per heavy atom. The molecule has 0 aromatic carbocycles. The van der Waals surface area contributed by atoms with E-state index in [9.17, 15) is 19.8 Å². The molecule has 0 aliphatic heterocycles. The van der Waals surface area contributed by atoms with Gasteiger partial charge in [-0.1, -0.05) is 339 Å². The molecular formula is C71H135NO5. The van der Waals surface area contributed by atoms with Crippen LogP contribution in [-0.2, 0) is 14.3 Å². The van der Waals surface area contributed by atoms with Crippen molar-refractivity contribution in [2.45, 2.75) is 392 Å². The highest BCUT2D eigenvalue weighted by Crippen LogP contribution is 2.18. The summed E-state index contributed by atoms with van der Waals surface area (Å²) in [6.45, 7) is 4.92. The van der Waals surface area contributed by atoms with Crippen molar-refractivity contribution in [2.75, 3.05) is 13.2 Å². The molecule has 0 rings (SSSR count). The van der Waals surface area contributed by atoms with Crippen LogP contribution in [0.4, 0.5) is 0 Å². The molecule has 0 saturated heterocycles. The molecule has 0 aliphatic carbocycles. The summed E-state index contributed by atoms with van der Waals surface area (Å²) in [5.41, 5.74) is 0. The van der Waals surface area contributed by atoms with Crippen molar-refractivity contribution in [3.05, 3.63) is 36.5 Å². The maximum atomic E-state index is 12.5. The van der Waals surface area contributed by atoms with Gasteiger partial charge in [-0.15, -0.1) is 0 Å². The highest BCUT2D eigenvalue weighted by Gasteiger charge is 2.18. The Morgan fingerprint density at radius 2 is 0.649 bits per heavy atom. The molecule has 0 aromatic rings. The number of aliphatic hydroxyl groups excluding tert-OH is 2. The lowest BCUT2D eigenvalue weighted by atomic mass is 10.0. The summed E-state index contributed by atoms with van der Waals surface area (Å²) in [5.74, 6) is -0.0470. The number of allylic oxidation sites excluding steroid dienone is 5. The van der Waals surface area contributed by atoms with Crippen LogP contribution in [0.25, 0.3) is 0 Å². The van der Waals surface area contributed by atoms with Crippen LogP contribution in [0.15, 0.2) is 36.5 Å². The molecule has 0 aromatic heterocycles. The van der Waals surface area contributed by atoms with Crippen LogP contribution >= 0.6 is 0 Å². The summed E-state index contributed by atoms with van der Waals surface area (Å²) in [7, 11) is 0. The molecule has 77 heavy (non-hydrogen) atoms. The van der Waals surface area contributed by atoms with Crippen LogP contribution in [0, 0.1) is 0 Å². The summed E-state index contributed by atoms with van der Waals surface area (Å²) in [6, 6.07) is -0.625. The standard InChI is InChI=1S/C71H135NO5/c1-3-5-7-9-11-13-15-40-43-47-51-55-59-63-69(74)68(67-73)72-70(75)64-60-56-52-48-44-41-38-36-34-32-30-28-26-24-22-20-18-17-19-21-23-25-27-29-31-33-35-37-39-42-46-50-54-58-62-66-77-71(76)65-61-57-53-49-45-16-14-12-10-8-6-4-2/h19,21,25,27,59,63,68-69,73-74H,3-18,20,22-24,26,28-58,60-62,64-67H2,1-2H3,(H,72,75)/b21-19-,27-25-,63-59+. The van der Waals surface area contributed by atoms with E-state index in [0.29, 0.717) is 19.4 Å². The van der Waals surface area contributed by atoms with Gasteiger partial charge in [-0.3, -0.25) is 9.59 Å². The van der Waals surface area contributed by atoms with Gasteiger partial charge in [0.2, 0.25) is 5.91 Å². The largest absolute Gasteiger partial charge is 0.466 e. The van der Waals surface area contributed by atoms with E-state index in [1.807, 2.05) is 6.08 Å². The van der Waals surface area contributed by atoms with Gasteiger partial charge in [0.1, 0.15) is 0 Å². The fraction of sp³-hybridized carbons (Fsp3) is 0.887. The Bertz CT molecular complexity index is 1250. The number of hydrogen-bond donors (Lipinski definition) is 3. The Hall–Kier alpha value is -1.92. The van der Waals surface area contributed by atoms with Crippen molar-refractivity contribution >= 4 is 11.9 Å². The van der Waals surface area contributed by atoms with Crippen LogP contribution < -0.4 is 5.32 Å². The van der Waals surface area contributed by atoms with Crippen molar-refractivity contribution in [3.63, 3.8) is 0 Å². The first kappa shape index (κ1) is 75.1. The molecule has 454 valence electrons. The first-order valence-electron chi connectivity index (χ1n) is 34.8. The molecule has 0 fully saturated rings. The third kappa shape index (κ3) is 63.1. The Labute approximate surface area is 481 Å². The zero-order valence-electron chi connectivity index (χ0n) is 52.0. The van der Waals surface area contributed by atoms with Gasteiger partial charge in [0.25, 0.3) is 0 Å². The number of hydrogen-bond acceptors (Lipinski definition) is 5. The van der Waals surface area contributed by atoms with Crippen molar-refractivity contribution in [1.82, 2.24) is 5.32 Å². The smallest absolute Gasteiger partial charge is 0.305 e. The van der Waals surface area contributed by atoms with Crippen LogP contribution in [-0.4, -0.2) is 47.4 Å². The Morgan fingerprint density at radius 3 is 0.987 bits per heavy atom. The first-order valence-corrected chi connectivity index (χ1v) is 34.8. The van der Waals surface area contributed by atoms with Gasteiger partial charge in [0, 0.05) is 12.8 Å². The molecule has 0 spiro atoms. The second kappa shape index (κ2) is 66.6. The quantitative estimate of drug-likeness (QED) is 0.0320. The molecule has 0 bridgehead atoms. The van der Waals surface area contributed by atoms with Crippen LogP contribution in [0.3, 0.4) is 0 Å². The lowest BCUT2D eigenvalue weighted by Gasteiger charge is -2.20. The topological polar surface area (TPSA) is 95.9 Å². The summed E-state index contributed by atoms with van der Waals surface area (Å²) in [6.07, 6.45) is 85.2. The monoisotopic (exact) mass is 1080 g/mol. The molecule has 0 saturated carbocycles. The maximum absolute atomic E-state index is 12.5. The predicted molar refractivity (Wildman–Crippen MR) is 338 cm³/mol. The van der Waals surface area contributed by atoms with Crippen molar-refractivity contribution in [2.24, 2.45) is 0 Å². The van der Waals surface area contributed by atoms with Gasteiger partial charge in [-0.25, -0.2) is 0 Å². The third-order valence-corrected chi connectivity index (χ3v) is 16.2. The van der Waals surface area contributed by atoms with E-state index < -0.39 is 12.1 Å². The van der Waals surface area contributed by atoms with E-state index in [1.165, 1.54) is 308 Å². The van der Waals surface area contributed by atoms with E-state index in [-0.39, 0.29) is 18.5 Å². The molecule has 0 aliphatic rings. The molecule has 2 unspecified atom stereocenters. The number of nitrogens with one attached hydrogen (secondary N) is 1. The number of esters is 1. The minimum atomic E-state index is -0.842. The third-order valence-electron chi connectivity index (χ3n) is 16.2. The molecular weight excluding hydrogens is 947 g/mol. The van der Waals surface area contributed by atoms with Crippen molar-refractivity contribution in [1.29, 1.82) is 0 Å². The van der Waals surface area contributed by atoms with Gasteiger partial charge in [0.05, 0.1) is 25.4 Å². The van der Waals surface area contributed by atoms with E-state index in [1.54, 1.807) is 6.08 Å². The van der Waals surface area contributed by atoms with E-state index in [2.05, 4.69) is 43.5 Å². The summed E-state index contributed by atoms with van der Waals surface area (Å²) in [5, 5.41) is 23.1. The molecule has 0 heterocycles. The lowest BCUT2D eigenvalue weighted by molar-refractivity contribution is -0.143. The fourth-order valence-corrected chi connectivity index (χ4v) is 10.8. The van der Waals surface area contributed by atoms with Gasteiger partial charge in [0.15, 0.2) is 0 Å². The van der Waals surface area contributed by atoms with E-state index in [4.69, 9.17) is 4.74 Å². The highest BCUT2D eigenvalue weighted by molar-refractivity contribution is 5.76. The summed E-state index contributed by atoms with van der Waals surface area (Å²) in [4.78, 5) is 24.5. The minimum Gasteiger partial charge on any atom is -0.466 e. The molecule has 6 nitrogen and oxygen atoms in total. The molecule has 0 radical (unpaired) electrons. The maximum Gasteiger partial charge on any atom is 0.305 e. The van der Waals surface area contributed by atoms with Gasteiger partial charge < -0.3 is 20.3 Å². The number of unbranched alkanes of at least 4 members (excludes halogenated alkanes) is 50. The van der Waals surface area contributed by atoms with Crippen LogP contribution in [0.1, 0.15) is 380 Å². The van der Waals surface area contributed by atoms with Gasteiger partial charge in [-0.05, 0) is 64.2 Å². The lowest BCUT2D eigenvalue weighted by Crippen LogP contribution is -2.45. The second-order valence-electron chi connectivity index (χ2n) is 23.9. The number of amides is 1. The zero-order valence-corrected chi connectivity index (χ0v) is 52.0. The molecule has 1 amide bonds. The zero-order chi connectivity index (χ0) is 55.7. The molecule has 2 atom stereocenters. The molecule has 3 N–H and O–H groups in total. The second-order valence-corrected chi connectivity index (χ2v) is 23.9. The van der Waals surface area contributed by atoms with Gasteiger partial charge in [-0.2, -0.15) is 0 Å². The number of aliphatic hydroxyl groups is 2. The van der Waals surface area contributed by atoms with Gasteiger partial charge >= 0.3 is 5.97 Å². The first-order chi connectivity index (χ1) is 38.0. The van der Waals surface area contributed by atoms with Crippen LogP contribution in [0.2, 0.25) is 0 Å². The molecule has 6 heteroatoms. The average Bonchev–Trinajstić information content (AvgIpc) is 3.43. The normalized spacial score (nSPS) is 12.7. The Balaban J connectivity index is 3.37. The number of carbonyl (C=O) groups excluding carboxylic acids is 2.